The molecule has 3 amide bonds. The Kier molecular flexibility index (Phi) is 3.57. The number of aromatic nitrogens is 2. The number of benzene rings is 1. The molecule has 4 rings (SSSR count). The van der Waals surface area contributed by atoms with Crippen LogP contribution in [0.15, 0.2) is 36.2 Å². The maximum absolute atomic E-state index is 11.6. The van der Waals surface area contributed by atoms with E-state index in [4.69, 9.17) is 5.73 Å². The van der Waals surface area contributed by atoms with E-state index < -0.39 is 11.9 Å². The maximum atomic E-state index is 11.6. The molecule has 126 valence electrons. The summed E-state index contributed by atoms with van der Waals surface area (Å²) in [5, 5.41) is 4.60. The molecule has 8 heteroatoms. The van der Waals surface area contributed by atoms with Gasteiger partial charge in [0.15, 0.2) is 0 Å². The molecule has 0 bridgehead atoms. The van der Waals surface area contributed by atoms with Crippen LogP contribution in [0.4, 0.5) is 16.4 Å². The minimum absolute atomic E-state index is 0.173. The number of nitrogen functional groups attached to an aromatic ring is 1. The SMILES string of the molecule is Nc1cccc2c1CCN(c1nccc(/C=C3/NC(=O)NC3=O)n1)C2. The molecular weight excluding hydrogens is 320 g/mol. The average molecular weight is 336 g/mol. The monoisotopic (exact) mass is 336 g/mol. The molecule has 1 aromatic carbocycles. The lowest BCUT2D eigenvalue weighted by Crippen LogP contribution is -2.32. The second-order valence-corrected chi connectivity index (χ2v) is 5.90. The summed E-state index contributed by atoms with van der Waals surface area (Å²) < 4.78 is 0. The lowest BCUT2D eigenvalue weighted by Gasteiger charge is -2.29. The van der Waals surface area contributed by atoms with Gasteiger partial charge in [-0.1, -0.05) is 12.1 Å². The van der Waals surface area contributed by atoms with Gasteiger partial charge in [-0.15, -0.1) is 0 Å². The van der Waals surface area contributed by atoms with Gasteiger partial charge in [0.1, 0.15) is 5.70 Å². The van der Waals surface area contributed by atoms with E-state index in [9.17, 15) is 9.59 Å². The number of carbonyl (C=O) groups is 2. The zero-order valence-electron chi connectivity index (χ0n) is 13.3. The summed E-state index contributed by atoms with van der Waals surface area (Å²) in [5.41, 5.74) is 9.93. The molecule has 0 atom stereocenters. The Morgan fingerprint density at radius 3 is 2.88 bits per heavy atom. The fourth-order valence-electron chi connectivity index (χ4n) is 3.03. The zero-order chi connectivity index (χ0) is 17.4. The number of rotatable bonds is 2. The van der Waals surface area contributed by atoms with Crippen molar-refractivity contribution in [3.63, 3.8) is 0 Å². The lowest BCUT2D eigenvalue weighted by atomic mass is 9.98. The fraction of sp³-hybridized carbons (Fsp3) is 0.176. The Bertz CT molecular complexity index is 908. The molecule has 1 fully saturated rings. The highest BCUT2D eigenvalue weighted by Gasteiger charge is 2.23. The highest BCUT2D eigenvalue weighted by molar-refractivity contribution is 6.13. The smallest absolute Gasteiger partial charge is 0.326 e. The number of carbonyl (C=O) groups excluding carboxylic acids is 2. The standard InChI is InChI=1S/C17H16N6O2/c18-13-3-1-2-10-9-23(7-5-12(10)13)16-19-6-4-11(20-16)8-14-15(24)22-17(25)21-14/h1-4,6,8H,5,7,9,18H2,(H2,21,22,24,25)/b14-8+. The quantitative estimate of drug-likeness (QED) is 0.425. The van der Waals surface area contributed by atoms with Gasteiger partial charge >= 0.3 is 6.03 Å². The van der Waals surface area contributed by atoms with Crippen molar-refractivity contribution < 1.29 is 9.59 Å². The van der Waals surface area contributed by atoms with Crippen LogP contribution in [-0.4, -0.2) is 28.5 Å². The summed E-state index contributed by atoms with van der Waals surface area (Å²) in [4.78, 5) is 33.7. The van der Waals surface area contributed by atoms with Crippen molar-refractivity contribution in [2.45, 2.75) is 13.0 Å². The summed E-state index contributed by atoms with van der Waals surface area (Å²) >= 11 is 0. The number of fused-ring (bicyclic) bond motifs is 1. The highest BCUT2D eigenvalue weighted by Crippen LogP contribution is 2.26. The molecule has 3 heterocycles. The van der Waals surface area contributed by atoms with Crippen molar-refractivity contribution in [1.29, 1.82) is 0 Å². The van der Waals surface area contributed by atoms with Gasteiger partial charge in [0, 0.05) is 25.0 Å². The molecule has 2 aliphatic heterocycles. The Hall–Kier alpha value is -3.42. The lowest BCUT2D eigenvalue weighted by molar-refractivity contribution is -0.115. The van der Waals surface area contributed by atoms with Crippen molar-refractivity contribution in [2.75, 3.05) is 17.2 Å². The van der Waals surface area contributed by atoms with Crippen LogP contribution in [0.25, 0.3) is 6.08 Å². The minimum atomic E-state index is -0.532. The van der Waals surface area contributed by atoms with Crippen LogP contribution in [0.3, 0.4) is 0 Å². The van der Waals surface area contributed by atoms with Gasteiger partial charge in [0.05, 0.1) is 5.69 Å². The van der Waals surface area contributed by atoms with Crippen LogP contribution in [0, 0.1) is 0 Å². The summed E-state index contributed by atoms with van der Waals surface area (Å²) in [6.45, 7) is 1.44. The second-order valence-electron chi connectivity index (χ2n) is 5.90. The Labute approximate surface area is 143 Å². The van der Waals surface area contributed by atoms with Gasteiger partial charge < -0.3 is 16.0 Å². The van der Waals surface area contributed by atoms with E-state index in [1.54, 1.807) is 12.3 Å². The van der Waals surface area contributed by atoms with Crippen LogP contribution in [0.1, 0.15) is 16.8 Å². The first kappa shape index (κ1) is 15.1. The first-order valence-electron chi connectivity index (χ1n) is 7.88. The predicted molar refractivity (Wildman–Crippen MR) is 92.3 cm³/mol. The summed E-state index contributed by atoms with van der Waals surface area (Å²) in [6.07, 6.45) is 3.99. The molecule has 1 saturated heterocycles. The fourth-order valence-corrected chi connectivity index (χ4v) is 3.03. The number of amides is 3. The van der Waals surface area contributed by atoms with E-state index in [0.717, 1.165) is 18.7 Å². The third-order valence-electron chi connectivity index (χ3n) is 4.26. The van der Waals surface area contributed by atoms with Crippen molar-refractivity contribution in [3.05, 3.63) is 53.0 Å². The predicted octanol–water partition coefficient (Wildman–Crippen LogP) is 0.802. The second kappa shape index (κ2) is 5.90. The van der Waals surface area contributed by atoms with Crippen molar-refractivity contribution in [3.8, 4) is 0 Å². The van der Waals surface area contributed by atoms with Crippen LogP contribution in [0.2, 0.25) is 0 Å². The molecule has 0 radical (unpaired) electrons. The number of anilines is 2. The third kappa shape index (κ3) is 2.89. The number of urea groups is 1. The molecule has 4 N–H and O–H groups in total. The van der Waals surface area contributed by atoms with Crippen molar-refractivity contribution in [1.82, 2.24) is 20.6 Å². The molecule has 0 saturated carbocycles. The molecule has 1 aromatic heterocycles. The van der Waals surface area contributed by atoms with Gasteiger partial charge in [-0.3, -0.25) is 10.1 Å². The number of nitrogens with two attached hydrogens (primary N) is 1. The van der Waals surface area contributed by atoms with Gasteiger partial charge in [0.2, 0.25) is 5.95 Å². The number of hydrogen-bond donors (Lipinski definition) is 3. The third-order valence-corrected chi connectivity index (χ3v) is 4.26. The van der Waals surface area contributed by atoms with Crippen LogP contribution in [-0.2, 0) is 17.8 Å². The first-order chi connectivity index (χ1) is 12.1. The molecule has 0 aliphatic carbocycles. The number of nitrogens with one attached hydrogen (secondary N) is 2. The van der Waals surface area contributed by atoms with E-state index in [1.807, 2.05) is 12.1 Å². The average Bonchev–Trinajstić information content (AvgIpc) is 2.92. The van der Waals surface area contributed by atoms with Crippen LogP contribution in [0.5, 0.6) is 0 Å². The molecule has 2 aromatic rings. The summed E-state index contributed by atoms with van der Waals surface area (Å²) in [7, 11) is 0. The number of nitrogens with zero attached hydrogens (tertiary/aromatic N) is 3. The maximum Gasteiger partial charge on any atom is 0.326 e. The van der Waals surface area contributed by atoms with Crippen molar-refractivity contribution >= 4 is 29.7 Å². The van der Waals surface area contributed by atoms with E-state index in [2.05, 4.69) is 31.6 Å². The van der Waals surface area contributed by atoms with E-state index in [1.165, 1.54) is 17.2 Å². The van der Waals surface area contributed by atoms with E-state index in [-0.39, 0.29) is 5.70 Å². The van der Waals surface area contributed by atoms with E-state index >= 15 is 0 Å². The molecule has 25 heavy (non-hydrogen) atoms. The first-order valence-corrected chi connectivity index (χ1v) is 7.88. The van der Waals surface area contributed by atoms with Crippen LogP contribution < -0.4 is 21.3 Å². The molecule has 0 unspecified atom stereocenters. The summed E-state index contributed by atoms with van der Waals surface area (Å²) in [5.74, 6) is 0.111. The molecule has 0 spiro atoms. The zero-order valence-corrected chi connectivity index (χ0v) is 13.3. The van der Waals surface area contributed by atoms with Gasteiger partial charge in [-0.2, -0.15) is 0 Å². The van der Waals surface area contributed by atoms with E-state index in [0.29, 0.717) is 18.2 Å². The largest absolute Gasteiger partial charge is 0.398 e. The topological polar surface area (TPSA) is 113 Å². The van der Waals surface area contributed by atoms with Gasteiger partial charge in [-0.25, -0.2) is 14.8 Å². The number of imide groups is 1. The Morgan fingerprint density at radius 2 is 2.08 bits per heavy atom. The molecular formula is C17H16N6O2. The Balaban J connectivity index is 1.59. The minimum Gasteiger partial charge on any atom is -0.398 e. The normalized spacial score (nSPS) is 18.1. The Morgan fingerprint density at radius 1 is 1.20 bits per heavy atom. The van der Waals surface area contributed by atoms with Gasteiger partial charge in [-0.05, 0) is 35.8 Å². The molecule has 8 nitrogen and oxygen atoms in total. The molecule has 2 aliphatic rings. The van der Waals surface area contributed by atoms with Crippen molar-refractivity contribution in [2.24, 2.45) is 0 Å². The highest BCUT2D eigenvalue weighted by atomic mass is 16.2. The van der Waals surface area contributed by atoms with Crippen LogP contribution >= 0.6 is 0 Å². The summed E-state index contributed by atoms with van der Waals surface area (Å²) in [6, 6.07) is 7.07. The van der Waals surface area contributed by atoms with Gasteiger partial charge in [0.25, 0.3) is 5.91 Å². The number of hydrogen-bond acceptors (Lipinski definition) is 6.